The monoisotopic (exact) mass is 345 g/mol. The number of likely N-dealkylation sites (N-methyl/N-ethyl adjacent to an activating group) is 1. The van der Waals surface area contributed by atoms with Crippen molar-refractivity contribution in [3.63, 3.8) is 0 Å². The van der Waals surface area contributed by atoms with Crippen molar-refractivity contribution in [1.82, 2.24) is 4.90 Å². The number of nitrogens with zero attached hydrogens (tertiary/aromatic N) is 1. The Balaban J connectivity index is 1.79. The van der Waals surface area contributed by atoms with Crippen molar-refractivity contribution in [2.45, 2.75) is 25.5 Å². The molecular weight excluding hydrogens is 326 g/mol. The molecule has 0 spiro atoms. The van der Waals surface area contributed by atoms with Gasteiger partial charge in [-0.2, -0.15) is 0 Å². The zero-order valence-corrected chi connectivity index (χ0v) is 14.2. The van der Waals surface area contributed by atoms with E-state index in [0.29, 0.717) is 18.1 Å². The van der Waals surface area contributed by atoms with E-state index in [1.807, 2.05) is 36.4 Å². The second-order valence-corrected chi connectivity index (χ2v) is 6.96. The first-order valence-electron chi connectivity index (χ1n) is 7.79. The van der Waals surface area contributed by atoms with Crippen molar-refractivity contribution in [1.29, 1.82) is 0 Å². The first kappa shape index (κ1) is 16.7. The van der Waals surface area contributed by atoms with Crippen molar-refractivity contribution in [2.75, 3.05) is 13.7 Å². The van der Waals surface area contributed by atoms with E-state index < -0.39 is 12.0 Å². The Kier molecular flexibility index (Phi) is 4.97. The van der Waals surface area contributed by atoms with Crippen LogP contribution < -0.4 is 0 Å². The molecular formula is C18H19NO4S. The molecule has 3 rings (SSSR count). The topological polar surface area (TPSA) is 66.8 Å². The van der Waals surface area contributed by atoms with Crippen LogP contribution in [0.15, 0.2) is 36.4 Å². The molecule has 1 N–H and O–H groups in total. The summed E-state index contributed by atoms with van der Waals surface area (Å²) < 4.78 is 5.40. The highest BCUT2D eigenvalue weighted by atomic mass is 32.1. The van der Waals surface area contributed by atoms with Crippen molar-refractivity contribution in [2.24, 2.45) is 0 Å². The Morgan fingerprint density at radius 2 is 2.08 bits per heavy atom. The van der Waals surface area contributed by atoms with Crippen LogP contribution >= 0.6 is 11.3 Å². The highest BCUT2D eigenvalue weighted by molar-refractivity contribution is 7.14. The molecule has 1 aromatic carbocycles. The van der Waals surface area contributed by atoms with E-state index in [9.17, 15) is 14.7 Å². The molecule has 6 heteroatoms. The van der Waals surface area contributed by atoms with Gasteiger partial charge in [0.05, 0.1) is 18.1 Å². The SMILES string of the molecule is CN(C(=O)c1cc2c(s1)CCOC2)[C@H](Cc1ccccc1)C(=O)O. The Morgan fingerprint density at radius 3 is 2.75 bits per heavy atom. The molecule has 24 heavy (non-hydrogen) atoms. The molecule has 1 aliphatic rings. The first-order valence-corrected chi connectivity index (χ1v) is 8.61. The van der Waals surface area contributed by atoms with Crippen molar-refractivity contribution < 1.29 is 19.4 Å². The summed E-state index contributed by atoms with van der Waals surface area (Å²) >= 11 is 1.44. The zero-order valence-electron chi connectivity index (χ0n) is 13.4. The molecule has 1 amide bonds. The number of carbonyl (C=O) groups is 2. The van der Waals surface area contributed by atoms with E-state index in [-0.39, 0.29) is 12.3 Å². The van der Waals surface area contributed by atoms with Gasteiger partial charge in [0, 0.05) is 24.8 Å². The Morgan fingerprint density at radius 1 is 1.33 bits per heavy atom. The van der Waals surface area contributed by atoms with Gasteiger partial charge in [-0.15, -0.1) is 11.3 Å². The third-order valence-corrected chi connectivity index (χ3v) is 5.41. The second-order valence-electron chi connectivity index (χ2n) is 5.82. The Hall–Kier alpha value is -2.18. The normalized spacial score (nSPS) is 14.7. The van der Waals surface area contributed by atoms with Crippen LogP contribution in [0.5, 0.6) is 0 Å². The maximum absolute atomic E-state index is 12.7. The lowest BCUT2D eigenvalue weighted by Crippen LogP contribution is -2.43. The van der Waals surface area contributed by atoms with Crippen LogP contribution in [-0.4, -0.2) is 41.6 Å². The highest BCUT2D eigenvalue weighted by Gasteiger charge is 2.29. The number of carboxylic acids is 1. The molecule has 5 nitrogen and oxygen atoms in total. The number of amides is 1. The number of aliphatic carboxylic acids is 1. The largest absolute Gasteiger partial charge is 0.480 e. The van der Waals surface area contributed by atoms with E-state index in [1.54, 1.807) is 7.05 Å². The molecule has 2 heterocycles. The van der Waals surface area contributed by atoms with Crippen LogP contribution in [0.25, 0.3) is 0 Å². The molecule has 2 aromatic rings. The van der Waals surface area contributed by atoms with E-state index in [4.69, 9.17) is 4.74 Å². The van der Waals surface area contributed by atoms with Gasteiger partial charge < -0.3 is 14.7 Å². The lowest BCUT2D eigenvalue weighted by molar-refractivity contribution is -0.141. The molecule has 0 unspecified atom stereocenters. The van der Waals surface area contributed by atoms with Crippen molar-refractivity contribution >= 4 is 23.2 Å². The summed E-state index contributed by atoms with van der Waals surface area (Å²) in [5.74, 6) is -1.25. The summed E-state index contributed by atoms with van der Waals surface area (Å²) in [6, 6.07) is 10.3. The fourth-order valence-electron chi connectivity index (χ4n) is 2.80. The third-order valence-electron chi connectivity index (χ3n) is 4.18. The number of benzene rings is 1. The van der Waals surface area contributed by atoms with Crippen molar-refractivity contribution in [3.8, 4) is 0 Å². The molecule has 1 atom stereocenters. The minimum Gasteiger partial charge on any atom is -0.480 e. The van der Waals surface area contributed by atoms with Gasteiger partial charge in [0.15, 0.2) is 0 Å². The smallest absolute Gasteiger partial charge is 0.326 e. The number of carbonyl (C=O) groups excluding carboxylic acids is 1. The minimum atomic E-state index is -1.00. The number of rotatable bonds is 5. The summed E-state index contributed by atoms with van der Waals surface area (Å²) in [5, 5.41) is 9.55. The van der Waals surface area contributed by atoms with Crippen LogP contribution in [-0.2, 0) is 29.0 Å². The average molecular weight is 345 g/mol. The minimum absolute atomic E-state index is 0.252. The quantitative estimate of drug-likeness (QED) is 0.904. The van der Waals surface area contributed by atoms with Gasteiger partial charge in [-0.05, 0) is 17.2 Å². The molecule has 0 bridgehead atoms. The van der Waals surface area contributed by atoms with Gasteiger partial charge in [-0.25, -0.2) is 4.79 Å². The predicted octanol–water partition coefficient (Wildman–Crippen LogP) is 2.59. The van der Waals surface area contributed by atoms with E-state index in [2.05, 4.69) is 0 Å². The number of hydrogen-bond donors (Lipinski definition) is 1. The lowest BCUT2D eigenvalue weighted by atomic mass is 10.0. The number of carboxylic acid groups (broad SMARTS) is 1. The number of hydrogen-bond acceptors (Lipinski definition) is 4. The summed E-state index contributed by atoms with van der Waals surface area (Å²) in [6.45, 7) is 1.19. The van der Waals surface area contributed by atoms with Crippen LogP contribution in [0.2, 0.25) is 0 Å². The molecule has 1 aromatic heterocycles. The van der Waals surface area contributed by atoms with Gasteiger partial charge in [0.1, 0.15) is 6.04 Å². The van der Waals surface area contributed by atoms with Gasteiger partial charge in [-0.1, -0.05) is 30.3 Å². The number of fused-ring (bicyclic) bond motifs is 1. The summed E-state index contributed by atoms with van der Waals surface area (Å²) in [4.78, 5) is 27.5. The molecule has 126 valence electrons. The molecule has 0 aliphatic carbocycles. The van der Waals surface area contributed by atoms with Gasteiger partial charge in [0.2, 0.25) is 0 Å². The van der Waals surface area contributed by atoms with E-state index in [0.717, 1.165) is 22.4 Å². The van der Waals surface area contributed by atoms with Crippen LogP contribution in [0, 0.1) is 0 Å². The zero-order chi connectivity index (χ0) is 17.1. The molecule has 0 saturated carbocycles. The maximum Gasteiger partial charge on any atom is 0.326 e. The third kappa shape index (κ3) is 3.49. The molecule has 0 saturated heterocycles. The van der Waals surface area contributed by atoms with Crippen LogP contribution in [0.1, 0.15) is 25.7 Å². The Labute approximate surface area is 144 Å². The van der Waals surface area contributed by atoms with Gasteiger partial charge >= 0.3 is 5.97 Å². The maximum atomic E-state index is 12.7. The summed E-state index contributed by atoms with van der Waals surface area (Å²) in [7, 11) is 1.55. The summed E-state index contributed by atoms with van der Waals surface area (Å²) in [6.07, 6.45) is 1.09. The molecule has 0 radical (unpaired) electrons. The van der Waals surface area contributed by atoms with E-state index >= 15 is 0 Å². The highest BCUT2D eigenvalue weighted by Crippen LogP contribution is 2.28. The average Bonchev–Trinajstić information content (AvgIpc) is 3.03. The summed E-state index contributed by atoms with van der Waals surface area (Å²) in [5.41, 5.74) is 1.93. The molecule has 1 aliphatic heterocycles. The Bertz CT molecular complexity index is 717. The van der Waals surface area contributed by atoms with Crippen molar-refractivity contribution in [3.05, 3.63) is 57.3 Å². The first-order chi connectivity index (χ1) is 11.6. The number of ether oxygens (including phenoxy) is 1. The second kappa shape index (κ2) is 7.15. The molecule has 0 fully saturated rings. The fourth-order valence-corrected chi connectivity index (χ4v) is 3.93. The van der Waals surface area contributed by atoms with Gasteiger partial charge in [0.25, 0.3) is 5.91 Å². The number of thiophene rings is 1. The predicted molar refractivity (Wildman–Crippen MR) is 91.3 cm³/mol. The van der Waals surface area contributed by atoms with E-state index in [1.165, 1.54) is 16.2 Å². The van der Waals surface area contributed by atoms with Gasteiger partial charge in [-0.3, -0.25) is 4.79 Å². The van der Waals surface area contributed by atoms with Crippen LogP contribution in [0.4, 0.5) is 0 Å². The standard InChI is InChI=1S/C18H19NO4S/c1-19(14(18(21)22)9-12-5-3-2-4-6-12)17(20)16-10-13-11-23-8-7-15(13)24-16/h2-6,10,14H,7-9,11H2,1H3,(H,21,22)/t14-/m1/s1. The lowest BCUT2D eigenvalue weighted by Gasteiger charge is -2.24. The van der Waals surface area contributed by atoms with Crippen LogP contribution in [0.3, 0.4) is 0 Å². The fraction of sp³-hybridized carbons (Fsp3) is 0.333.